The molecule has 16 heavy (non-hydrogen) atoms. The molecule has 0 aliphatic carbocycles. The normalized spacial score (nSPS) is 10.9. The molecular weight excluding hydrogens is 274 g/mol. The third-order valence-electron chi connectivity index (χ3n) is 2.29. The highest BCUT2D eigenvalue weighted by Crippen LogP contribution is 2.26. The van der Waals surface area contributed by atoms with Gasteiger partial charge in [-0.05, 0) is 21.8 Å². The second kappa shape index (κ2) is 5.45. The Morgan fingerprint density at radius 1 is 1.62 bits per heavy atom. The Balaban J connectivity index is 2.92. The van der Waals surface area contributed by atoms with Gasteiger partial charge in [0, 0.05) is 13.6 Å². The first-order valence-corrected chi connectivity index (χ1v) is 5.88. The summed E-state index contributed by atoms with van der Waals surface area (Å²) in [7, 11) is 1.63. The van der Waals surface area contributed by atoms with Crippen LogP contribution in [0.4, 0.5) is 0 Å². The lowest BCUT2D eigenvalue weighted by molar-refractivity contribution is 0.0760. The van der Waals surface area contributed by atoms with E-state index >= 15 is 0 Å². The monoisotopic (exact) mass is 289 g/mol. The number of aromatic nitrogens is 2. The average molecular weight is 290 g/mol. The third-order valence-corrected chi connectivity index (χ3v) is 3.10. The molecule has 0 radical (unpaired) electrons. The molecule has 0 unspecified atom stereocenters. The van der Waals surface area contributed by atoms with Gasteiger partial charge in [0.1, 0.15) is 0 Å². The molecule has 1 amide bonds. The molecule has 0 aliphatic heterocycles. The highest BCUT2D eigenvalue weighted by molar-refractivity contribution is 9.10. The zero-order valence-corrected chi connectivity index (χ0v) is 11.2. The number of hydrogen-bond acceptors (Lipinski definition) is 3. The topological polar surface area (TPSA) is 69.2 Å². The summed E-state index contributed by atoms with van der Waals surface area (Å²) in [6, 6.07) is 0. The predicted octanol–water partition coefficient (Wildman–Crippen LogP) is 1.36. The van der Waals surface area contributed by atoms with E-state index in [0.717, 1.165) is 5.69 Å². The van der Waals surface area contributed by atoms with Gasteiger partial charge in [-0.15, -0.1) is 0 Å². The summed E-state index contributed by atoms with van der Waals surface area (Å²) in [4.78, 5) is 13.3. The number of rotatable bonds is 4. The van der Waals surface area contributed by atoms with Crippen LogP contribution in [-0.2, 0) is 0 Å². The highest BCUT2D eigenvalue weighted by atomic mass is 79.9. The SMILES string of the molecule is CC(C)c1[nH]nc(C(=O)N(C)CCO)c1Br. The molecule has 1 rings (SSSR count). The molecule has 0 bridgehead atoms. The maximum atomic E-state index is 11.9. The largest absolute Gasteiger partial charge is 0.395 e. The Morgan fingerprint density at radius 3 is 2.69 bits per heavy atom. The van der Waals surface area contributed by atoms with Gasteiger partial charge in [-0.25, -0.2) is 0 Å². The number of H-pyrrole nitrogens is 1. The molecule has 0 saturated heterocycles. The molecule has 0 aliphatic rings. The third kappa shape index (κ3) is 2.62. The van der Waals surface area contributed by atoms with Gasteiger partial charge in [-0.2, -0.15) is 5.10 Å². The van der Waals surface area contributed by atoms with E-state index < -0.39 is 0 Å². The number of amides is 1. The second-order valence-corrected chi connectivity index (χ2v) is 4.70. The quantitative estimate of drug-likeness (QED) is 0.879. The molecule has 1 aromatic heterocycles. The molecule has 1 heterocycles. The van der Waals surface area contributed by atoms with Crippen LogP contribution in [0.2, 0.25) is 0 Å². The minimum atomic E-state index is -0.205. The van der Waals surface area contributed by atoms with Crippen LogP contribution in [0, 0.1) is 0 Å². The van der Waals surface area contributed by atoms with E-state index in [0.29, 0.717) is 16.7 Å². The van der Waals surface area contributed by atoms with E-state index in [1.807, 2.05) is 13.8 Å². The Morgan fingerprint density at radius 2 is 2.25 bits per heavy atom. The second-order valence-electron chi connectivity index (χ2n) is 3.90. The Labute approximate surface area is 103 Å². The molecular formula is C10H16BrN3O2. The molecule has 0 atom stereocenters. The van der Waals surface area contributed by atoms with E-state index in [1.165, 1.54) is 4.90 Å². The van der Waals surface area contributed by atoms with Crippen molar-refractivity contribution in [2.45, 2.75) is 19.8 Å². The lowest BCUT2D eigenvalue weighted by Crippen LogP contribution is -2.30. The maximum Gasteiger partial charge on any atom is 0.275 e. The summed E-state index contributed by atoms with van der Waals surface area (Å²) in [6.07, 6.45) is 0. The number of carbonyl (C=O) groups is 1. The fourth-order valence-corrected chi connectivity index (χ4v) is 2.10. The van der Waals surface area contributed by atoms with E-state index in [-0.39, 0.29) is 18.4 Å². The van der Waals surface area contributed by atoms with Crippen molar-refractivity contribution < 1.29 is 9.90 Å². The number of halogens is 1. The predicted molar refractivity (Wildman–Crippen MR) is 64.4 cm³/mol. The number of aromatic amines is 1. The van der Waals surface area contributed by atoms with Gasteiger partial charge < -0.3 is 10.0 Å². The van der Waals surface area contributed by atoms with Crippen molar-refractivity contribution in [3.8, 4) is 0 Å². The lowest BCUT2D eigenvalue weighted by atomic mass is 10.1. The number of nitrogens with zero attached hydrogens (tertiary/aromatic N) is 2. The van der Waals surface area contributed by atoms with Gasteiger partial charge in [-0.1, -0.05) is 13.8 Å². The molecule has 0 spiro atoms. The number of carbonyl (C=O) groups excluding carboxylic acids is 1. The fraction of sp³-hybridized carbons (Fsp3) is 0.600. The first kappa shape index (κ1) is 13.2. The van der Waals surface area contributed by atoms with E-state index in [1.54, 1.807) is 7.05 Å². The van der Waals surface area contributed by atoms with E-state index in [9.17, 15) is 4.79 Å². The number of nitrogens with one attached hydrogen (secondary N) is 1. The number of likely N-dealkylation sites (N-methyl/N-ethyl adjacent to an activating group) is 1. The van der Waals surface area contributed by atoms with Gasteiger partial charge >= 0.3 is 0 Å². The summed E-state index contributed by atoms with van der Waals surface area (Å²) < 4.78 is 0.706. The summed E-state index contributed by atoms with van der Waals surface area (Å²) in [6.45, 7) is 4.28. The van der Waals surface area contributed by atoms with E-state index in [4.69, 9.17) is 5.11 Å². The van der Waals surface area contributed by atoms with Crippen molar-refractivity contribution in [2.24, 2.45) is 0 Å². The number of hydrogen-bond donors (Lipinski definition) is 2. The summed E-state index contributed by atoms with van der Waals surface area (Å²) in [5.74, 6) is 0.0654. The Kier molecular flexibility index (Phi) is 4.49. The van der Waals surface area contributed by atoms with Gasteiger partial charge in [0.2, 0.25) is 0 Å². The van der Waals surface area contributed by atoms with Crippen molar-refractivity contribution in [1.82, 2.24) is 15.1 Å². The first-order valence-electron chi connectivity index (χ1n) is 5.09. The molecule has 5 nitrogen and oxygen atoms in total. The van der Waals surface area contributed by atoms with Crippen LogP contribution < -0.4 is 0 Å². The zero-order valence-electron chi connectivity index (χ0n) is 9.62. The van der Waals surface area contributed by atoms with Crippen molar-refractivity contribution in [1.29, 1.82) is 0 Å². The van der Waals surface area contributed by atoms with Gasteiger partial charge in [0.15, 0.2) is 5.69 Å². The van der Waals surface area contributed by atoms with Crippen molar-refractivity contribution in [3.05, 3.63) is 15.9 Å². The molecule has 90 valence electrons. The van der Waals surface area contributed by atoms with Crippen molar-refractivity contribution in [3.63, 3.8) is 0 Å². The Hall–Kier alpha value is -0.880. The number of aliphatic hydroxyl groups is 1. The van der Waals surface area contributed by atoms with Gasteiger partial charge in [0.25, 0.3) is 5.91 Å². The molecule has 1 aromatic rings. The summed E-state index contributed by atoms with van der Waals surface area (Å²) in [5, 5.41) is 15.6. The first-order chi connectivity index (χ1) is 7.49. The van der Waals surface area contributed by atoms with Gasteiger partial charge in [-0.3, -0.25) is 9.89 Å². The molecule has 6 heteroatoms. The summed E-state index contributed by atoms with van der Waals surface area (Å²) >= 11 is 3.37. The maximum absolute atomic E-state index is 11.9. The minimum Gasteiger partial charge on any atom is -0.395 e. The van der Waals surface area contributed by atoms with Crippen molar-refractivity contribution >= 4 is 21.8 Å². The van der Waals surface area contributed by atoms with Crippen LogP contribution >= 0.6 is 15.9 Å². The standard InChI is InChI=1S/C10H16BrN3O2/c1-6(2)8-7(11)9(13-12-8)10(16)14(3)4-5-15/h6,15H,4-5H2,1-3H3,(H,12,13). The van der Waals surface area contributed by atoms with Crippen molar-refractivity contribution in [2.75, 3.05) is 20.2 Å². The Bertz CT molecular complexity index is 376. The molecule has 0 aromatic carbocycles. The molecule has 0 fully saturated rings. The van der Waals surface area contributed by atoms with Crippen LogP contribution in [0.15, 0.2) is 4.47 Å². The average Bonchev–Trinajstić information content (AvgIpc) is 2.59. The molecule has 2 N–H and O–H groups in total. The van der Waals surface area contributed by atoms with Crippen LogP contribution in [0.3, 0.4) is 0 Å². The zero-order chi connectivity index (χ0) is 12.3. The van der Waals surface area contributed by atoms with Gasteiger partial charge in [0.05, 0.1) is 16.8 Å². The minimum absolute atomic E-state index is 0.0542. The van der Waals surface area contributed by atoms with Crippen LogP contribution in [0.25, 0.3) is 0 Å². The van der Waals surface area contributed by atoms with Crippen LogP contribution in [0.5, 0.6) is 0 Å². The highest BCUT2D eigenvalue weighted by Gasteiger charge is 2.21. The fourth-order valence-electron chi connectivity index (χ4n) is 1.30. The number of aliphatic hydroxyl groups excluding tert-OH is 1. The molecule has 0 saturated carbocycles. The van der Waals surface area contributed by atoms with Crippen LogP contribution in [0.1, 0.15) is 35.9 Å². The summed E-state index contributed by atoms with van der Waals surface area (Å²) in [5.41, 5.74) is 1.26. The van der Waals surface area contributed by atoms with E-state index in [2.05, 4.69) is 26.1 Å². The smallest absolute Gasteiger partial charge is 0.275 e. The lowest BCUT2D eigenvalue weighted by Gasteiger charge is -2.14. The van der Waals surface area contributed by atoms with Crippen LogP contribution in [-0.4, -0.2) is 46.3 Å².